The van der Waals surface area contributed by atoms with Gasteiger partial charge in [-0.3, -0.25) is 24.0 Å². The number of carbonyl (C=O) groups is 6. The molecule has 0 radical (unpaired) electrons. The Kier molecular flexibility index (Phi) is 12.9. The van der Waals surface area contributed by atoms with Crippen LogP contribution in [0.5, 0.6) is 5.75 Å². The molecule has 0 aliphatic carbocycles. The van der Waals surface area contributed by atoms with E-state index >= 15 is 0 Å². The van der Waals surface area contributed by atoms with Crippen molar-refractivity contribution < 1.29 is 71.9 Å². The van der Waals surface area contributed by atoms with Gasteiger partial charge in [-0.25, -0.2) is 9.59 Å². The lowest BCUT2D eigenvalue weighted by Gasteiger charge is -2.43. The van der Waals surface area contributed by atoms with Gasteiger partial charge in [0, 0.05) is 32.0 Å². The fourth-order valence-electron chi connectivity index (χ4n) is 3.85. The molecule has 0 aromatic heterocycles. The largest absolute Gasteiger partial charge is 0.467 e. The summed E-state index contributed by atoms with van der Waals surface area (Å²) >= 11 is 0. The number of hydrogen-bond donors (Lipinski definition) is 3. The molecule has 1 heterocycles. The summed E-state index contributed by atoms with van der Waals surface area (Å²) in [6.45, 7) is 6.89. The van der Waals surface area contributed by atoms with Crippen LogP contribution in [-0.4, -0.2) is 91.0 Å². The number of aliphatic hydroxyl groups excluding tert-OH is 1. The van der Waals surface area contributed by atoms with Crippen LogP contribution in [0.15, 0.2) is 18.2 Å². The van der Waals surface area contributed by atoms with Crippen LogP contribution in [0.3, 0.4) is 0 Å². The number of amides is 2. The molecular formula is C27H36N2O15. The first-order valence-corrected chi connectivity index (χ1v) is 13.1. The molecule has 1 aliphatic rings. The topological polar surface area (TPSA) is 221 Å². The molecule has 0 spiro atoms. The Labute approximate surface area is 252 Å². The third kappa shape index (κ3) is 11.0. The Morgan fingerprint density at radius 1 is 0.909 bits per heavy atom. The van der Waals surface area contributed by atoms with E-state index in [1.54, 1.807) is 20.8 Å². The van der Waals surface area contributed by atoms with Gasteiger partial charge in [0.25, 0.3) is 5.91 Å². The quantitative estimate of drug-likeness (QED) is 0.174. The van der Waals surface area contributed by atoms with Crippen LogP contribution in [0.25, 0.3) is 0 Å². The average molecular weight is 629 g/mol. The lowest BCUT2D eigenvalue weighted by atomic mass is 9.97. The molecule has 5 atom stereocenters. The summed E-state index contributed by atoms with van der Waals surface area (Å²) in [6.07, 6.45) is -8.96. The average Bonchev–Trinajstić information content (AvgIpc) is 2.90. The number of esters is 4. The van der Waals surface area contributed by atoms with Gasteiger partial charge < -0.3 is 43.6 Å². The van der Waals surface area contributed by atoms with Crippen LogP contribution in [0.2, 0.25) is 0 Å². The highest BCUT2D eigenvalue weighted by Gasteiger charge is 2.56. The first kappa shape index (κ1) is 35.7. The molecule has 17 nitrogen and oxygen atoms in total. The van der Waals surface area contributed by atoms with Gasteiger partial charge in [0.05, 0.1) is 13.7 Å². The molecule has 1 saturated heterocycles. The van der Waals surface area contributed by atoms with Gasteiger partial charge in [-0.1, -0.05) is 0 Å². The zero-order chi connectivity index (χ0) is 33.2. The fraction of sp³-hybridized carbons (Fsp3) is 0.556. The van der Waals surface area contributed by atoms with Crippen molar-refractivity contribution in [1.82, 2.24) is 5.48 Å². The van der Waals surface area contributed by atoms with Crippen molar-refractivity contribution in [3.05, 3.63) is 23.8 Å². The second-order valence-corrected chi connectivity index (χ2v) is 10.2. The summed E-state index contributed by atoms with van der Waals surface area (Å²) in [5, 5.41) is 12.5. The third-order valence-electron chi connectivity index (χ3n) is 5.35. The minimum Gasteiger partial charge on any atom is -0.467 e. The van der Waals surface area contributed by atoms with E-state index in [-0.39, 0.29) is 17.0 Å². The lowest BCUT2D eigenvalue weighted by molar-refractivity contribution is -0.282. The maximum absolute atomic E-state index is 12.6. The van der Waals surface area contributed by atoms with Gasteiger partial charge in [0.15, 0.2) is 24.9 Å². The summed E-state index contributed by atoms with van der Waals surface area (Å²) in [7, 11) is 1.04. The van der Waals surface area contributed by atoms with Crippen molar-refractivity contribution in [2.24, 2.45) is 0 Å². The van der Waals surface area contributed by atoms with Crippen molar-refractivity contribution in [1.29, 1.82) is 0 Å². The highest BCUT2D eigenvalue weighted by molar-refractivity contribution is 5.92. The number of rotatable bonds is 11. The first-order valence-electron chi connectivity index (χ1n) is 13.1. The Morgan fingerprint density at radius 2 is 1.50 bits per heavy atom. The Bertz CT molecular complexity index is 1230. The normalized spacial score (nSPS) is 21.2. The Balaban J connectivity index is 2.29. The van der Waals surface area contributed by atoms with Crippen LogP contribution in [0, 0.1) is 0 Å². The maximum atomic E-state index is 12.6. The number of benzene rings is 1. The molecule has 1 aromatic rings. The van der Waals surface area contributed by atoms with Crippen LogP contribution in [0.1, 0.15) is 47.1 Å². The van der Waals surface area contributed by atoms with Crippen molar-refractivity contribution in [3.8, 4) is 5.75 Å². The van der Waals surface area contributed by atoms with Gasteiger partial charge in [-0.15, -0.1) is 0 Å². The number of anilines is 1. The van der Waals surface area contributed by atoms with Crippen molar-refractivity contribution in [2.45, 2.75) is 84.5 Å². The lowest BCUT2D eigenvalue weighted by Crippen LogP contribution is -2.64. The molecular weight excluding hydrogens is 592 g/mol. The summed E-state index contributed by atoms with van der Waals surface area (Å²) in [5.41, 5.74) is 1.49. The fourth-order valence-corrected chi connectivity index (χ4v) is 3.85. The van der Waals surface area contributed by atoms with Gasteiger partial charge >= 0.3 is 30.0 Å². The predicted octanol–water partition coefficient (Wildman–Crippen LogP) is 0.646. The zero-order valence-electron chi connectivity index (χ0n) is 25.2. The molecule has 17 heteroatoms. The number of nitrogens with one attached hydrogen (secondary N) is 2. The number of hydrogen-bond acceptors (Lipinski definition) is 15. The molecule has 0 bridgehead atoms. The zero-order valence-corrected chi connectivity index (χ0v) is 25.2. The number of hydroxylamine groups is 1. The van der Waals surface area contributed by atoms with Gasteiger partial charge in [0.2, 0.25) is 12.4 Å². The van der Waals surface area contributed by atoms with Crippen molar-refractivity contribution in [3.63, 3.8) is 0 Å². The summed E-state index contributed by atoms with van der Waals surface area (Å²) in [4.78, 5) is 77.1. The van der Waals surface area contributed by atoms with E-state index in [2.05, 4.69) is 5.32 Å². The van der Waals surface area contributed by atoms with Crippen LogP contribution in [0.4, 0.5) is 10.5 Å². The molecule has 244 valence electrons. The predicted molar refractivity (Wildman–Crippen MR) is 144 cm³/mol. The highest BCUT2D eigenvalue weighted by Crippen LogP contribution is 2.33. The molecule has 2 amide bonds. The molecule has 5 unspecified atom stereocenters. The molecule has 1 aromatic carbocycles. The van der Waals surface area contributed by atoms with Gasteiger partial charge in [-0.2, -0.15) is 5.48 Å². The van der Waals surface area contributed by atoms with Gasteiger partial charge in [-0.05, 0) is 39.0 Å². The third-order valence-corrected chi connectivity index (χ3v) is 5.35. The second-order valence-electron chi connectivity index (χ2n) is 10.2. The smallest absolute Gasteiger partial charge is 0.431 e. The molecule has 2 rings (SSSR count). The van der Waals surface area contributed by atoms with E-state index in [0.717, 1.165) is 27.9 Å². The molecule has 3 N–H and O–H groups in total. The first-order chi connectivity index (χ1) is 20.5. The highest BCUT2D eigenvalue weighted by atomic mass is 16.7. The second kappa shape index (κ2) is 15.8. The van der Waals surface area contributed by atoms with E-state index in [9.17, 15) is 33.9 Å². The molecule has 1 aliphatic heterocycles. The molecule has 1 fully saturated rings. The van der Waals surface area contributed by atoms with Crippen molar-refractivity contribution >= 4 is 41.6 Å². The summed E-state index contributed by atoms with van der Waals surface area (Å²) in [6, 6.07) is 4.03. The summed E-state index contributed by atoms with van der Waals surface area (Å²) in [5.74, 6) is -4.33. The standard InChI is InChI=1S/C27H36N2O15/c1-13(31)39-20-21(40-14(2)32)23(41-15(3)33)25(43-22(20)24(35)37-7)42-18-9-8-17(10-16(18)11-30)28-19(34)12-38-29-26(36)44-27(4,5)6/h8-10,20-23,25,30H,11-12H2,1-7H3,(H,28,34)(H,29,36). The summed E-state index contributed by atoms with van der Waals surface area (Å²) < 4.78 is 37.1. The minimum absolute atomic E-state index is 0.0494. The number of ether oxygens (including phenoxy) is 7. The van der Waals surface area contributed by atoms with E-state index < -0.39 is 85.4 Å². The van der Waals surface area contributed by atoms with Crippen LogP contribution >= 0.6 is 0 Å². The van der Waals surface area contributed by atoms with E-state index in [1.165, 1.54) is 18.2 Å². The van der Waals surface area contributed by atoms with Gasteiger partial charge in [0.1, 0.15) is 11.4 Å². The Morgan fingerprint density at radius 3 is 2.05 bits per heavy atom. The Hall–Kier alpha value is -4.48. The molecule has 44 heavy (non-hydrogen) atoms. The maximum Gasteiger partial charge on any atom is 0.431 e. The molecule has 0 saturated carbocycles. The van der Waals surface area contributed by atoms with E-state index in [4.69, 9.17) is 38.0 Å². The minimum atomic E-state index is -1.68. The van der Waals surface area contributed by atoms with E-state index in [0.29, 0.717) is 0 Å². The SMILES string of the molecule is COC(=O)C1OC(Oc2ccc(NC(=O)CONC(=O)OC(C)(C)C)cc2CO)C(OC(C)=O)C(OC(C)=O)C1OC(C)=O. The van der Waals surface area contributed by atoms with Crippen LogP contribution in [-0.2, 0) is 63.8 Å². The number of aliphatic hydroxyl groups is 1. The number of methoxy groups -OCH3 is 1. The van der Waals surface area contributed by atoms with Crippen LogP contribution < -0.4 is 15.5 Å². The van der Waals surface area contributed by atoms with E-state index in [1.807, 2.05) is 5.48 Å². The number of carbonyl (C=O) groups excluding carboxylic acids is 6. The van der Waals surface area contributed by atoms with Crippen molar-refractivity contribution in [2.75, 3.05) is 19.0 Å². The monoisotopic (exact) mass is 628 g/mol.